The Hall–Kier alpha value is -4.59. The Morgan fingerprint density at radius 3 is 2.12 bits per heavy atom. The third kappa shape index (κ3) is 5.24. The van der Waals surface area contributed by atoms with Gasteiger partial charge in [0.25, 0.3) is 0 Å². The molecule has 0 aliphatic carbocycles. The van der Waals surface area contributed by atoms with Crippen LogP contribution in [0.1, 0.15) is 24.4 Å². The van der Waals surface area contributed by atoms with E-state index in [-0.39, 0.29) is 5.75 Å². The summed E-state index contributed by atoms with van der Waals surface area (Å²) < 4.78 is 15.4. The molecule has 4 aromatic rings. The number of nitrogens with zero attached hydrogens (tertiary/aromatic N) is 1. The van der Waals surface area contributed by atoms with Gasteiger partial charge in [0.2, 0.25) is 0 Å². The van der Waals surface area contributed by atoms with Crippen LogP contribution in [0.15, 0.2) is 83.4 Å². The van der Waals surface area contributed by atoms with Gasteiger partial charge >= 0.3 is 12.2 Å². The van der Waals surface area contributed by atoms with E-state index in [1.54, 1.807) is 38.1 Å². The molecule has 0 spiro atoms. The Labute approximate surface area is 195 Å². The SMILES string of the molecule is Cc1onc(-c2ccc(-c3ccc(OC(=O)O)cc3)cc2)c1NC(=O)O[C@H](C)c1ccccc1. The van der Waals surface area contributed by atoms with Crippen molar-refractivity contribution in [3.8, 4) is 28.1 Å². The molecule has 0 aliphatic rings. The highest BCUT2D eigenvalue weighted by molar-refractivity contribution is 5.91. The average Bonchev–Trinajstić information content (AvgIpc) is 3.19. The first kappa shape index (κ1) is 22.6. The number of aryl methyl sites for hydroxylation is 1. The van der Waals surface area contributed by atoms with E-state index in [1.165, 1.54) is 0 Å². The van der Waals surface area contributed by atoms with Gasteiger partial charge in [-0.25, -0.2) is 9.59 Å². The van der Waals surface area contributed by atoms with Crippen molar-refractivity contribution < 1.29 is 28.7 Å². The van der Waals surface area contributed by atoms with Crippen molar-refractivity contribution in [3.63, 3.8) is 0 Å². The van der Waals surface area contributed by atoms with Gasteiger partial charge in [-0.05, 0) is 42.7 Å². The molecule has 0 fully saturated rings. The Morgan fingerprint density at radius 1 is 0.912 bits per heavy atom. The molecule has 3 aromatic carbocycles. The molecule has 1 amide bonds. The largest absolute Gasteiger partial charge is 0.511 e. The summed E-state index contributed by atoms with van der Waals surface area (Å²) in [4.78, 5) is 23.2. The number of amides is 1. The van der Waals surface area contributed by atoms with Crippen molar-refractivity contribution in [2.75, 3.05) is 5.32 Å². The minimum Gasteiger partial charge on any atom is -0.449 e. The number of aromatic nitrogens is 1. The first-order chi connectivity index (χ1) is 16.4. The molecule has 0 saturated carbocycles. The van der Waals surface area contributed by atoms with Gasteiger partial charge in [0.1, 0.15) is 23.2 Å². The standard InChI is InChI=1S/C26H22N2O6/c1-16(18-6-4-3-5-7-18)32-25(29)27-23-17(2)34-28-24(23)21-10-8-19(9-11-21)20-12-14-22(15-13-20)33-26(30)31/h3-16H,1-2H3,(H,27,29)(H,30,31)/t16-/m1/s1. The van der Waals surface area contributed by atoms with Crippen LogP contribution in [-0.2, 0) is 4.74 Å². The van der Waals surface area contributed by atoms with Crippen LogP contribution in [0.4, 0.5) is 15.3 Å². The zero-order valence-electron chi connectivity index (χ0n) is 18.5. The van der Waals surface area contributed by atoms with Crippen molar-refractivity contribution in [1.82, 2.24) is 5.16 Å². The maximum absolute atomic E-state index is 12.5. The molecule has 4 rings (SSSR count). The predicted molar refractivity (Wildman–Crippen MR) is 126 cm³/mol. The highest BCUT2D eigenvalue weighted by atomic mass is 16.7. The van der Waals surface area contributed by atoms with Crippen LogP contribution < -0.4 is 10.1 Å². The van der Waals surface area contributed by atoms with E-state index >= 15 is 0 Å². The number of ether oxygens (including phenoxy) is 2. The molecule has 8 nitrogen and oxygen atoms in total. The minimum absolute atomic E-state index is 0.245. The van der Waals surface area contributed by atoms with Crippen LogP contribution >= 0.6 is 0 Å². The van der Waals surface area contributed by atoms with Gasteiger partial charge in [-0.2, -0.15) is 0 Å². The molecular weight excluding hydrogens is 436 g/mol. The minimum atomic E-state index is -1.36. The Kier molecular flexibility index (Phi) is 6.59. The van der Waals surface area contributed by atoms with Gasteiger partial charge in [-0.15, -0.1) is 0 Å². The van der Waals surface area contributed by atoms with E-state index < -0.39 is 18.4 Å². The zero-order valence-corrected chi connectivity index (χ0v) is 18.5. The monoisotopic (exact) mass is 458 g/mol. The lowest BCUT2D eigenvalue weighted by atomic mass is 10.0. The van der Waals surface area contributed by atoms with E-state index in [0.29, 0.717) is 17.1 Å². The summed E-state index contributed by atoms with van der Waals surface area (Å²) in [6.45, 7) is 3.51. The molecular formula is C26H22N2O6. The zero-order chi connectivity index (χ0) is 24.1. The fraction of sp³-hybridized carbons (Fsp3) is 0.115. The lowest BCUT2D eigenvalue weighted by Crippen LogP contribution is -2.16. The van der Waals surface area contributed by atoms with Crippen molar-refractivity contribution >= 4 is 17.9 Å². The molecule has 8 heteroatoms. The van der Waals surface area contributed by atoms with Crippen LogP contribution in [0.3, 0.4) is 0 Å². The first-order valence-electron chi connectivity index (χ1n) is 10.5. The second-order valence-corrected chi connectivity index (χ2v) is 7.52. The lowest BCUT2D eigenvalue weighted by Gasteiger charge is -2.14. The van der Waals surface area contributed by atoms with E-state index in [1.807, 2.05) is 54.6 Å². The summed E-state index contributed by atoms with van der Waals surface area (Å²) in [6.07, 6.45) is -2.39. The fourth-order valence-corrected chi connectivity index (χ4v) is 3.44. The molecule has 0 bridgehead atoms. The molecule has 172 valence electrons. The summed E-state index contributed by atoms with van der Waals surface area (Å²) in [7, 11) is 0. The van der Waals surface area contributed by atoms with E-state index in [4.69, 9.17) is 14.4 Å². The van der Waals surface area contributed by atoms with Gasteiger partial charge in [0, 0.05) is 5.56 Å². The van der Waals surface area contributed by atoms with Crippen molar-refractivity contribution in [3.05, 3.63) is 90.2 Å². The number of benzene rings is 3. The normalized spacial score (nSPS) is 11.5. The number of hydrogen-bond acceptors (Lipinski definition) is 6. The second-order valence-electron chi connectivity index (χ2n) is 7.52. The van der Waals surface area contributed by atoms with Gasteiger partial charge in [0.15, 0.2) is 5.76 Å². The number of carboxylic acid groups (broad SMARTS) is 1. The summed E-state index contributed by atoms with van der Waals surface area (Å²) in [5, 5.41) is 15.5. The van der Waals surface area contributed by atoms with Crippen LogP contribution in [-0.4, -0.2) is 22.5 Å². The Balaban J connectivity index is 1.48. The topological polar surface area (TPSA) is 111 Å². The number of carbonyl (C=O) groups is 2. The van der Waals surface area contributed by atoms with Crippen LogP contribution in [0.5, 0.6) is 5.75 Å². The van der Waals surface area contributed by atoms with Gasteiger partial charge in [0.05, 0.1) is 0 Å². The average molecular weight is 458 g/mol. The molecule has 0 saturated heterocycles. The maximum Gasteiger partial charge on any atom is 0.511 e. The summed E-state index contributed by atoms with van der Waals surface area (Å²) in [5.41, 5.74) is 4.36. The molecule has 0 aliphatic heterocycles. The van der Waals surface area contributed by atoms with Gasteiger partial charge in [-0.1, -0.05) is 71.9 Å². The third-order valence-corrected chi connectivity index (χ3v) is 5.19. The first-order valence-corrected chi connectivity index (χ1v) is 10.5. The smallest absolute Gasteiger partial charge is 0.449 e. The van der Waals surface area contributed by atoms with Crippen molar-refractivity contribution in [2.45, 2.75) is 20.0 Å². The summed E-state index contributed by atoms with van der Waals surface area (Å²) in [5.74, 6) is 0.701. The highest BCUT2D eigenvalue weighted by Gasteiger charge is 2.19. The third-order valence-electron chi connectivity index (χ3n) is 5.19. The van der Waals surface area contributed by atoms with Gasteiger partial charge in [-0.3, -0.25) is 5.32 Å². The number of anilines is 1. The van der Waals surface area contributed by atoms with Crippen molar-refractivity contribution in [2.24, 2.45) is 0 Å². The molecule has 34 heavy (non-hydrogen) atoms. The second kappa shape index (κ2) is 9.91. The maximum atomic E-state index is 12.5. The van der Waals surface area contributed by atoms with Crippen LogP contribution in [0, 0.1) is 6.92 Å². The number of rotatable bonds is 6. The van der Waals surface area contributed by atoms with E-state index in [0.717, 1.165) is 22.3 Å². The molecule has 2 N–H and O–H groups in total. The van der Waals surface area contributed by atoms with Crippen LogP contribution in [0.2, 0.25) is 0 Å². The van der Waals surface area contributed by atoms with E-state index in [2.05, 4.69) is 15.2 Å². The Morgan fingerprint density at radius 2 is 1.50 bits per heavy atom. The van der Waals surface area contributed by atoms with Crippen molar-refractivity contribution in [1.29, 1.82) is 0 Å². The number of nitrogens with one attached hydrogen (secondary N) is 1. The summed E-state index contributed by atoms with van der Waals surface area (Å²) in [6, 6.07) is 23.7. The molecule has 0 unspecified atom stereocenters. The molecule has 1 aromatic heterocycles. The Bertz CT molecular complexity index is 1280. The lowest BCUT2D eigenvalue weighted by molar-refractivity contribution is 0.121. The number of carbonyl (C=O) groups excluding carboxylic acids is 1. The number of hydrogen-bond donors (Lipinski definition) is 2. The molecule has 0 radical (unpaired) electrons. The predicted octanol–water partition coefficient (Wildman–Crippen LogP) is 6.68. The van der Waals surface area contributed by atoms with Gasteiger partial charge < -0.3 is 19.1 Å². The van der Waals surface area contributed by atoms with Crippen LogP contribution in [0.25, 0.3) is 22.4 Å². The quantitative estimate of drug-likeness (QED) is 0.245. The molecule has 1 heterocycles. The van der Waals surface area contributed by atoms with E-state index in [9.17, 15) is 9.59 Å². The summed E-state index contributed by atoms with van der Waals surface area (Å²) >= 11 is 0. The molecule has 1 atom stereocenters. The fourth-order valence-electron chi connectivity index (χ4n) is 3.44. The highest BCUT2D eigenvalue weighted by Crippen LogP contribution is 2.32.